The third kappa shape index (κ3) is 4.72. The molecule has 18 heavy (non-hydrogen) atoms. The summed E-state index contributed by atoms with van der Waals surface area (Å²) in [4.78, 5) is 12.2. The minimum absolute atomic E-state index is 0.0968. The Labute approximate surface area is 111 Å². The highest BCUT2D eigenvalue weighted by Crippen LogP contribution is 2.35. The third-order valence-corrected chi connectivity index (χ3v) is 4.22. The van der Waals surface area contributed by atoms with E-state index in [-0.39, 0.29) is 6.10 Å². The number of hydrogen-bond donors (Lipinski definition) is 0. The topological polar surface area (TPSA) is 26.3 Å². The van der Waals surface area contributed by atoms with Gasteiger partial charge in [0, 0.05) is 6.42 Å². The first-order valence-corrected chi connectivity index (χ1v) is 7.79. The van der Waals surface area contributed by atoms with Gasteiger partial charge in [-0.05, 0) is 37.0 Å². The van der Waals surface area contributed by atoms with Crippen LogP contribution in [0.3, 0.4) is 0 Å². The molecule has 2 aliphatic rings. The number of Topliss-reactive ketones (excluding diaryl/α,β-unsaturated/α-hetero) is 1. The van der Waals surface area contributed by atoms with E-state index in [1.165, 1.54) is 38.5 Å². The van der Waals surface area contributed by atoms with Gasteiger partial charge in [-0.2, -0.15) is 0 Å². The van der Waals surface area contributed by atoms with E-state index in [2.05, 4.69) is 13.8 Å². The normalized spacial score (nSPS) is 22.6. The van der Waals surface area contributed by atoms with Gasteiger partial charge >= 0.3 is 0 Å². The van der Waals surface area contributed by atoms with Crippen molar-refractivity contribution in [3.63, 3.8) is 0 Å². The van der Waals surface area contributed by atoms with Crippen LogP contribution in [0.5, 0.6) is 0 Å². The second-order valence-electron chi connectivity index (χ2n) is 6.72. The molecule has 0 spiro atoms. The van der Waals surface area contributed by atoms with E-state index in [0.29, 0.717) is 18.1 Å². The van der Waals surface area contributed by atoms with Crippen LogP contribution in [0.25, 0.3) is 0 Å². The summed E-state index contributed by atoms with van der Waals surface area (Å²) in [5.74, 6) is 2.29. The number of ketones is 1. The first-order valence-electron chi connectivity index (χ1n) is 7.79. The predicted molar refractivity (Wildman–Crippen MR) is 73.5 cm³/mol. The van der Waals surface area contributed by atoms with Crippen molar-refractivity contribution in [2.75, 3.05) is 6.61 Å². The highest BCUT2D eigenvalue weighted by atomic mass is 16.5. The number of carbonyl (C=O) groups is 1. The predicted octanol–water partition coefficient (Wildman–Crippen LogP) is 3.98. The zero-order chi connectivity index (χ0) is 13.0. The number of carbonyl (C=O) groups excluding carboxylic acids is 1. The molecule has 0 aromatic heterocycles. The molecule has 2 heteroatoms. The van der Waals surface area contributed by atoms with Crippen LogP contribution >= 0.6 is 0 Å². The van der Waals surface area contributed by atoms with Gasteiger partial charge in [-0.15, -0.1) is 0 Å². The fraction of sp³-hybridized carbons (Fsp3) is 0.938. The lowest BCUT2D eigenvalue weighted by Gasteiger charge is -2.20. The molecule has 0 heterocycles. The maximum Gasteiger partial charge on any atom is 0.161 e. The first-order chi connectivity index (χ1) is 8.65. The Hall–Kier alpha value is -0.370. The second-order valence-corrected chi connectivity index (χ2v) is 6.72. The average molecular weight is 252 g/mol. The van der Waals surface area contributed by atoms with Crippen LogP contribution < -0.4 is 0 Å². The zero-order valence-electron chi connectivity index (χ0n) is 12.0. The number of rotatable bonds is 8. The molecule has 0 aromatic carbocycles. The molecular weight excluding hydrogens is 224 g/mol. The van der Waals surface area contributed by atoms with Gasteiger partial charge in [-0.3, -0.25) is 4.79 Å². The Kier molecular flexibility index (Phi) is 5.23. The summed E-state index contributed by atoms with van der Waals surface area (Å²) in [5, 5.41) is 0. The standard InChI is InChI=1S/C16H28O2/c1-12(2)9-15(17)16(10-13-7-8-13)18-11-14-5-3-4-6-14/h12-14,16H,3-11H2,1-2H3. The van der Waals surface area contributed by atoms with Crippen LogP contribution in [0, 0.1) is 17.8 Å². The number of ether oxygens (including phenoxy) is 1. The maximum absolute atomic E-state index is 12.2. The fourth-order valence-electron chi connectivity index (χ4n) is 2.91. The first kappa shape index (κ1) is 14.0. The van der Waals surface area contributed by atoms with Gasteiger partial charge in [0.2, 0.25) is 0 Å². The molecule has 2 rings (SSSR count). The van der Waals surface area contributed by atoms with Gasteiger partial charge < -0.3 is 4.74 Å². The Bertz CT molecular complexity index is 262. The second kappa shape index (κ2) is 6.70. The Morgan fingerprint density at radius 2 is 1.78 bits per heavy atom. The summed E-state index contributed by atoms with van der Waals surface area (Å²) in [6.07, 6.45) is 9.48. The van der Waals surface area contributed by atoms with Crippen LogP contribution in [0.15, 0.2) is 0 Å². The molecule has 0 aromatic rings. The lowest BCUT2D eigenvalue weighted by Crippen LogP contribution is -2.28. The molecule has 104 valence electrons. The van der Waals surface area contributed by atoms with Crippen molar-refractivity contribution in [1.29, 1.82) is 0 Å². The van der Waals surface area contributed by atoms with Crippen molar-refractivity contribution >= 4 is 5.78 Å². The van der Waals surface area contributed by atoms with Crippen molar-refractivity contribution in [3.8, 4) is 0 Å². The minimum Gasteiger partial charge on any atom is -0.370 e. The highest BCUT2D eigenvalue weighted by molar-refractivity contribution is 5.83. The summed E-state index contributed by atoms with van der Waals surface area (Å²) < 4.78 is 5.99. The SMILES string of the molecule is CC(C)CC(=O)C(CC1CC1)OCC1CCCC1. The van der Waals surface area contributed by atoms with Gasteiger partial charge in [0.1, 0.15) is 6.10 Å². The largest absolute Gasteiger partial charge is 0.370 e. The zero-order valence-corrected chi connectivity index (χ0v) is 12.0. The van der Waals surface area contributed by atoms with Crippen LogP contribution in [0.1, 0.15) is 65.2 Å². The van der Waals surface area contributed by atoms with Crippen molar-refractivity contribution in [2.45, 2.75) is 71.3 Å². The summed E-state index contributed by atoms with van der Waals surface area (Å²) in [7, 11) is 0. The summed E-state index contributed by atoms with van der Waals surface area (Å²) in [5.41, 5.74) is 0. The summed E-state index contributed by atoms with van der Waals surface area (Å²) in [6.45, 7) is 5.05. The molecule has 0 N–H and O–H groups in total. The molecule has 0 amide bonds. The molecule has 0 bridgehead atoms. The molecule has 2 saturated carbocycles. The molecule has 0 saturated heterocycles. The number of hydrogen-bond acceptors (Lipinski definition) is 2. The van der Waals surface area contributed by atoms with E-state index in [1.807, 2.05) is 0 Å². The Morgan fingerprint density at radius 3 is 2.33 bits per heavy atom. The van der Waals surface area contributed by atoms with E-state index >= 15 is 0 Å². The van der Waals surface area contributed by atoms with E-state index in [4.69, 9.17) is 4.74 Å². The fourth-order valence-corrected chi connectivity index (χ4v) is 2.91. The molecule has 1 unspecified atom stereocenters. The van der Waals surface area contributed by atoms with Crippen LogP contribution in [0.2, 0.25) is 0 Å². The quantitative estimate of drug-likeness (QED) is 0.653. The molecule has 2 fully saturated rings. The third-order valence-electron chi connectivity index (χ3n) is 4.22. The minimum atomic E-state index is -0.0968. The lowest BCUT2D eigenvalue weighted by atomic mass is 9.99. The smallest absolute Gasteiger partial charge is 0.161 e. The lowest BCUT2D eigenvalue weighted by molar-refractivity contribution is -0.133. The van der Waals surface area contributed by atoms with Gasteiger partial charge in [0.25, 0.3) is 0 Å². The molecular formula is C16H28O2. The monoisotopic (exact) mass is 252 g/mol. The van der Waals surface area contributed by atoms with E-state index in [9.17, 15) is 4.79 Å². The van der Waals surface area contributed by atoms with Crippen LogP contribution in [-0.2, 0) is 9.53 Å². The van der Waals surface area contributed by atoms with Gasteiger partial charge in [-0.1, -0.05) is 39.5 Å². The van der Waals surface area contributed by atoms with E-state index in [0.717, 1.165) is 24.9 Å². The van der Waals surface area contributed by atoms with Crippen LogP contribution in [0.4, 0.5) is 0 Å². The molecule has 0 aliphatic heterocycles. The van der Waals surface area contributed by atoms with E-state index < -0.39 is 0 Å². The highest BCUT2D eigenvalue weighted by Gasteiger charge is 2.30. The van der Waals surface area contributed by atoms with Gasteiger partial charge in [0.15, 0.2) is 5.78 Å². The average Bonchev–Trinajstić information content (AvgIpc) is 2.97. The Morgan fingerprint density at radius 1 is 1.11 bits per heavy atom. The maximum atomic E-state index is 12.2. The van der Waals surface area contributed by atoms with Gasteiger partial charge in [-0.25, -0.2) is 0 Å². The molecule has 2 aliphatic carbocycles. The van der Waals surface area contributed by atoms with Crippen molar-refractivity contribution in [2.24, 2.45) is 17.8 Å². The van der Waals surface area contributed by atoms with Crippen molar-refractivity contribution < 1.29 is 9.53 Å². The van der Waals surface area contributed by atoms with Crippen LogP contribution in [-0.4, -0.2) is 18.5 Å². The summed E-state index contributed by atoms with van der Waals surface area (Å²) in [6, 6.07) is 0. The van der Waals surface area contributed by atoms with Crippen molar-refractivity contribution in [3.05, 3.63) is 0 Å². The molecule has 2 nitrogen and oxygen atoms in total. The molecule has 1 atom stereocenters. The summed E-state index contributed by atoms with van der Waals surface area (Å²) >= 11 is 0. The Balaban J connectivity index is 1.77. The molecule has 0 radical (unpaired) electrons. The van der Waals surface area contributed by atoms with E-state index in [1.54, 1.807) is 0 Å². The van der Waals surface area contributed by atoms with Gasteiger partial charge in [0.05, 0.1) is 6.61 Å². The van der Waals surface area contributed by atoms with Crippen molar-refractivity contribution in [1.82, 2.24) is 0 Å².